The summed E-state index contributed by atoms with van der Waals surface area (Å²) in [5.74, 6) is -0.735. The zero-order valence-electron chi connectivity index (χ0n) is 14.0. The van der Waals surface area contributed by atoms with E-state index in [1.165, 1.54) is 19.3 Å². The number of rotatable bonds is 15. The Labute approximate surface area is 135 Å². The second-order valence-electron chi connectivity index (χ2n) is 6.04. The van der Waals surface area contributed by atoms with Crippen molar-refractivity contribution in [1.29, 1.82) is 0 Å². The topological polar surface area (TPSA) is 77.8 Å². The summed E-state index contributed by atoms with van der Waals surface area (Å²) in [5.41, 5.74) is 0. The van der Waals surface area contributed by atoms with Crippen LogP contribution in [0.4, 0.5) is 0 Å². The molecule has 0 aliphatic rings. The third-order valence-corrected chi connectivity index (χ3v) is 3.85. The molecule has 0 saturated carbocycles. The van der Waals surface area contributed by atoms with Gasteiger partial charge in [-0.25, -0.2) is 0 Å². The van der Waals surface area contributed by atoms with Crippen LogP contribution in [0.25, 0.3) is 0 Å². The quantitative estimate of drug-likeness (QED) is 0.315. The molecule has 0 aromatic rings. The lowest BCUT2D eigenvalue weighted by Gasteiger charge is -2.16. The van der Waals surface area contributed by atoms with Crippen molar-refractivity contribution in [2.24, 2.45) is 0 Å². The van der Waals surface area contributed by atoms with Gasteiger partial charge in [0.1, 0.15) is 0 Å². The van der Waals surface area contributed by atoms with Crippen LogP contribution in [0.2, 0.25) is 0 Å². The molecule has 0 rings (SSSR count). The second kappa shape index (κ2) is 15.0. The molecule has 0 amide bonds. The van der Waals surface area contributed by atoms with Crippen LogP contribution in [0.5, 0.6) is 0 Å². The molecule has 0 aliphatic heterocycles. The minimum Gasteiger partial charge on any atom is -0.481 e. The van der Waals surface area contributed by atoms with Gasteiger partial charge in [-0.05, 0) is 32.1 Å². The van der Waals surface area contributed by atoms with Gasteiger partial charge in [-0.2, -0.15) is 0 Å². The van der Waals surface area contributed by atoms with Gasteiger partial charge in [0.05, 0.1) is 12.2 Å². The first-order valence-electron chi connectivity index (χ1n) is 8.80. The number of carboxylic acid groups (broad SMARTS) is 1. The predicted molar refractivity (Wildman–Crippen MR) is 89.9 cm³/mol. The van der Waals surface area contributed by atoms with Gasteiger partial charge in [0, 0.05) is 6.42 Å². The van der Waals surface area contributed by atoms with Crippen LogP contribution in [0.1, 0.15) is 84.0 Å². The summed E-state index contributed by atoms with van der Waals surface area (Å²) in [4.78, 5) is 10.3. The van der Waals surface area contributed by atoms with Crippen LogP contribution in [-0.4, -0.2) is 33.5 Å². The molecular formula is C18H34O4. The van der Waals surface area contributed by atoms with Gasteiger partial charge in [0.2, 0.25) is 0 Å². The third kappa shape index (κ3) is 14.1. The molecule has 4 nitrogen and oxygen atoms in total. The Bertz CT molecular complexity index is 289. The monoisotopic (exact) mass is 314 g/mol. The average Bonchev–Trinajstić information content (AvgIpc) is 2.49. The number of aliphatic carboxylic acids is 1. The van der Waals surface area contributed by atoms with Crippen LogP contribution < -0.4 is 0 Å². The molecule has 0 radical (unpaired) electrons. The fourth-order valence-electron chi connectivity index (χ4n) is 2.38. The third-order valence-electron chi connectivity index (χ3n) is 3.85. The first kappa shape index (κ1) is 21.1. The number of carboxylic acids is 1. The van der Waals surface area contributed by atoms with Gasteiger partial charge in [-0.1, -0.05) is 57.6 Å². The Balaban J connectivity index is 3.49. The molecule has 2 atom stereocenters. The maximum atomic E-state index is 10.3. The van der Waals surface area contributed by atoms with E-state index in [0.717, 1.165) is 38.5 Å². The molecular weight excluding hydrogens is 280 g/mol. The van der Waals surface area contributed by atoms with Gasteiger partial charge in [0.25, 0.3) is 0 Å². The summed E-state index contributed by atoms with van der Waals surface area (Å²) in [5, 5.41) is 28.2. The Hall–Kier alpha value is -0.870. The normalized spacial score (nSPS) is 14.3. The van der Waals surface area contributed by atoms with Crippen molar-refractivity contribution in [2.45, 2.75) is 96.2 Å². The standard InChI is InChI=1S/C18H34O4/c1-2-3-4-5-7-10-13-16(19)17(20)14-11-8-6-9-12-15-18(21)22/h7,10,16-17,19-20H,2-6,8-9,11-15H2,1H3,(H,21,22)/b10-7-/t16-,17-/m1/s1. The minimum absolute atomic E-state index is 0.242. The highest BCUT2D eigenvalue weighted by molar-refractivity contribution is 5.66. The van der Waals surface area contributed by atoms with E-state index in [0.29, 0.717) is 12.8 Å². The van der Waals surface area contributed by atoms with Gasteiger partial charge >= 0.3 is 5.97 Å². The highest BCUT2D eigenvalue weighted by Crippen LogP contribution is 2.12. The minimum atomic E-state index is -0.735. The lowest BCUT2D eigenvalue weighted by molar-refractivity contribution is -0.137. The van der Waals surface area contributed by atoms with Gasteiger partial charge in [-0.3, -0.25) is 4.79 Å². The number of hydrogen-bond acceptors (Lipinski definition) is 3. The molecule has 0 aromatic heterocycles. The molecule has 0 spiro atoms. The largest absolute Gasteiger partial charge is 0.481 e. The van der Waals surface area contributed by atoms with Crippen LogP contribution in [-0.2, 0) is 4.79 Å². The number of unbranched alkanes of at least 4 members (excludes halogenated alkanes) is 7. The predicted octanol–water partition coefficient (Wildman–Crippen LogP) is 4.05. The van der Waals surface area contributed by atoms with E-state index in [1.807, 2.05) is 6.08 Å². The first-order valence-corrected chi connectivity index (χ1v) is 8.80. The molecule has 0 unspecified atom stereocenters. The van der Waals surface area contributed by atoms with Crippen molar-refractivity contribution in [2.75, 3.05) is 0 Å². The molecule has 0 heterocycles. The lowest BCUT2D eigenvalue weighted by atomic mass is 10.0. The smallest absolute Gasteiger partial charge is 0.303 e. The van der Waals surface area contributed by atoms with E-state index in [9.17, 15) is 15.0 Å². The zero-order chi connectivity index (χ0) is 16.6. The summed E-state index contributed by atoms with van der Waals surface area (Å²) in [7, 11) is 0. The van der Waals surface area contributed by atoms with Crippen LogP contribution in [0.15, 0.2) is 12.2 Å². The average molecular weight is 314 g/mol. The Kier molecular flexibility index (Phi) is 14.4. The molecule has 4 heteroatoms. The Morgan fingerprint density at radius 1 is 0.909 bits per heavy atom. The molecule has 22 heavy (non-hydrogen) atoms. The summed E-state index contributed by atoms with van der Waals surface area (Å²) in [6.07, 6.45) is 13.3. The van der Waals surface area contributed by atoms with E-state index in [-0.39, 0.29) is 6.42 Å². The SMILES string of the molecule is CCCCC/C=C\C[C@@H](O)[C@H](O)CCCCCCCC(=O)O. The van der Waals surface area contributed by atoms with E-state index >= 15 is 0 Å². The first-order chi connectivity index (χ1) is 10.6. The maximum absolute atomic E-state index is 10.3. The molecule has 0 fully saturated rings. The highest BCUT2D eigenvalue weighted by atomic mass is 16.4. The summed E-state index contributed by atoms with van der Waals surface area (Å²) in [6.45, 7) is 2.18. The fraction of sp³-hybridized carbons (Fsp3) is 0.833. The van der Waals surface area contributed by atoms with Gasteiger partial charge in [-0.15, -0.1) is 0 Å². The summed E-state index contributed by atoms with van der Waals surface area (Å²) >= 11 is 0. The highest BCUT2D eigenvalue weighted by Gasteiger charge is 2.13. The van der Waals surface area contributed by atoms with Gasteiger partial charge < -0.3 is 15.3 Å². The molecule has 130 valence electrons. The van der Waals surface area contributed by atoms with Crippen molar-refractivity contribution in [3.8, 4) is 0 Å². The molecule has 0 saturated heterocycles. The van der Waals surface area contributed by atoms with Gasteiger partial charge in [0.15, 0.2) is 0 Å². The number of carbonyl (C=O) groups is 1. The molecule has 0 aliphatic carbocycles. The molecule has 0 bridgehead atoms. The lowest BCUT2D eigenvalue weighted by Crippen LogP contribution is -2.25. The van der Waals surface area contributed by atoms with Crippen molar-refractivity contribution in [3.63, 3.8) is 0 Å². The Morgan fingerprint density at radius 2 is 1.59 bits per heavy atom. The van der Waals surface area contributed by atoms with Crippen molar-refractivity contribution in [3.05, 3.63) is 12.2 Å². The van der Waals surface area contributed by atoms with E-state index in [2.05, 4.69) is 13.0 Å². The van der Waals surface area contributed by atoms with E-state index < -0.39 is 18.2 Å². The van der Waals surface area contributed by atoms with Crippen molar-refractivity contribution >= 4 is 5.97 Å². The van der Waals surface area contributed by atoms with Crippen molar-refractivity contribution in [1.82, 2.24) is 0 Å². The zero-order valence-corrected chi connectivity index (χ0v) is 14.0. The Morgan fingerprint density at radius 3 is 2.27 bits per heavy atom. The summed E-state index contributed by atoms with van der Waals surface area (Å²) in [6, 6.07) is 0. The number of allylic oxidation sites excluding steroid dienone is 1. The van der Waals surface area contributed by atoms with E-state index in [1.54, 1.807) is 0 Å². The number of aliphatic hydroxyl groups excluding tert-OH is 2. The molecule has 0 aromatic carbocycles. The second-order valence-corrected chi connectivity index (χ2v) is 6.04. The van der Waals surface area contributed by atoms with Crippen LogP contribution in [0.3, 0.4) is 0 Å². The fourth-order valence-corrected chi connectivity index (χ4v) is 2.38. The maximum Gasteiger partial charge on any atom is 0.303 e. The van der Waals surface area contributed by atoms with Crippen molar-refractivity contribution < 1.29 is 20.1 Å². The van der Waals surface area contributed by atoms with Crippen LogP contribution in [0, 0.1) is 0 Å². The summed E-state index contributed by atoms with van der Waals surface area (Å²) < 4.78 is 0. The van der Waals surface area contributed by atoms with Crippen LogP contribution >= 0.6 is 0 Å². The number of aliphatic hydroxyl groups is 2. The van der Waals surface area contributed by atoms with E-state index in [4.69, 9.17) is 5.11 Å². The molecule has 3 N–H and O–H groups in total. The number of hydrogen-bond donors (Lipinski definition) is 3.